The fourth-order valence-electron chi connectivity index (χ4n) is 2.90. The van der Waals surface area contributed by atoms with Gasteiger partial charge in [-0.1, -0.05) is 41.4 Å². The van der Waals surface area contributed by atoms with E-state index in [9.17, 15) is 24.6 Å². The fraction of sp³-hybridized carbons (Fsp3) is 0.174. The zero-order valence-electron chi connectivity index (χ0n) is 17.5. The Morgan fingerprint density at radius 1 is 1.00 bits per heavy atom. The number of nitrogens with zero attached hydrogens (tertiary/aromatic N) is 1. The van der Waals surface area contributed by atoms with Gasteiger partial charge in [-0.15, -0.1) is 0 Å². The number of benzene rings is 3. The van der Waals surface area contributed by atoms with Crippen LogP contribution in [0, 0.1) is 0 Å². The van der Waals surface area contributed by atoms with E-state index in [-0.39, 0.29) is 22.0 Å². The van der Waals surface area contributed by atoms with E-state index >= 15 is 0 Å². The minimum absolute atomic E-state index is 0.0467. The fourth-order valence-corrected chi connectivity index (χ4v) is 3.51. The van der Waals surface area contributed by atoms with E-state index in [0.29, 0.717) is 15.8 Å². The summed E-state index contributed by atoms with van der Waals surface area (Å²) < 4.78 is 5.66. The SMILES string of the molecule is CC(C)(ON(C(=O)COc1cc(C(=O)O)cc2cc(Cl)cc(Cl)c12)c1ccccc1)C(=O)O. The highest BCUT2D eigenvalue weighted by Crippen LogP contribution is 2.36. The topological polar surface area (TPSA) is 113 Å². The molecule has 0 aliphatic carbocycles. The lowest BCUT2D eigenvalue weighted by Crippen LogP contribution is -2.46. The number of hydroxylamine groups is 1. The van der Waals surface area contributed by atoms with Gasteiger partial charge < -0.3 is 14.9 Å². The molecule has 0 radical (unpaired) electrons. The number of hydrogen-bond donors (Lipinski definition) is 2. The number of aromatic carboxylic acids is 1. The van der Waals surface area contributed by atoms with Gasteiger partial charge in [-0.05, 0) is 55.6 Å². The van der Waals surface area contributed by atoms with Crippen molar-refractivity contribution in [2.24, 2.45) is 0 Å². The zero-order chi connectivity index (χ0) is 24.3. The molecule has 3 aromatic carbocycles. The molecule has 0 aliphatic rings. The zero-order valence-corrected chi connectivity index (χ0v) is 19.1. The average Bonchev–Trinajstić information content (AvgIpc) is 2.75. The number of carboxylic acid groups (broad SMARTS) is 2. The maximum Gasteiger partial charge on any atom is 0.338 e. The van der Waals surface area contributed by atoms with Crippen LogP contribution < -0.4 is 9.80 Å². The van der Waals surface area contributed by atoms with Crippen molar-refractivity contribution in [2.45, 2.75) is 19.4 Å². The van der Waals surface area contributed by atoms with Gasteiger partial charge >= 0.3 is 11.9 Å². The van der Waals surface area contributed by atoms with Crippen molar-refractivity contribution in [2.75, 3.05) is 11.7 Å². The normalized spacial score (nSPS) is 11.3. The van der Waals surface area contributed by atoms with E-state index < -0.39 is 30.1 Å². The van der Waals surface area contributed by atoms with Gasteiger partial charge in [0.15, 0.2) is 12.2 Å². The number of rotatable bonds is 8. The first-order valence-electron chi connectivity index (χ1n) is 9.59. The van der Waals surface area contributed by atoms with Gasteiger partial charge in [-0.3, -0.25) is 4.79 Å². The molecule has 2 N–H and O–H groups in total. The van der Waals surface area contributed by atoms with E-state index in [1.165, 1.54) is 38.1 Å². The Morgan fingerprint density at radius 3 is 2.27 bits per heavy atom. The molecule has 0 fully saturated rings. The highest BCUT2D eigenvalue weighted by molar-refractivity contribution is 6.39. The van der Waals surface area contributed by atoms with Crippen LogP contribution in [0.4, 0.5) is 5.69 Å². The molecule has 8 nitrogen and oxygen atoms in total. The quantitative estimate of drug-likeness (QED) is 0.423. The molecule has 10 heteroatoms. The predicted octanol–water partition coefficient (Wildman–Crippen LogP) is 5.05. The summed E-state index contributed by atoms with van der Waals surface area (Å²) in [6, 6.07) is 13.8. The van der Waals surface area contributed by atoms with Gasteiger partial charge in [-0.25, -0.2) is 14.4 Å². The summed E-state index contributed by atoms with van der Waals surface area (Å²) in [4.78, 5) is 41.6. The molecule has 1 amide bonds. The molecule has 0 spiro atoms. The van der Waals surface area contributed by atoms with Crippen LogP contribution in [0.25, 0.3) is 10.8 Å². The second-order valence-electron chi connectivity index (χ2n) is 7.48. The van der Waals surface area contributed by atoms with Crippen molar-refractivity contribution in [3.63, 3.8) is 0 Å². The molecule has 0 bridgehead atoms. The Hall–Kier alpha value is -3.33. The van der Waals surface area contributed by atoms with Crippen LogP contribution in [0.15, 0.2) is 54.6 Å². The number of para-hydroxylation sites is 1. The highest BCUT2D eigenvalue weighted by Gasteiger charge is 2.34. The number of anilines is 1. The second kappa shape index (κ2) is 9.66. The Balaban J connectivity index is 1.96. The first-order chi connectivity index (χ1) is 15.5. The number of amides is 1. The summed E-state index contributed by atoms with van der Waals surface area (Å²) >= 11 is 12.3. The van der Waals surface area contributed by atoms with Crippen molar-refractivity contribution >= 4 is 57.5 Å². The molecule has 0 aromatic heterocycles. The largest absolute Gasteiger partial charge is 0.483 e. The second-order valence-corrected chi connectivity index (χ2v) is 8.33. The van der Waals surface area contributed by atoms with Crippen LogP contribution in [0.3, 0.4) is 0 Å². The van der Waals surface area contributed by atoms with E-state index in [4.69, 9.17) is 32.8 Å². The van der Waals surface area contributed by atoms with Gasteiger partial charge in [0.25, 0.3) is 5.91 Å². The van der Waals surface area contributed by atoms with Crippen molar-refractivity contribution in [1.82, 2.24) is 0 Å². The molecule has 0 atom stereocenters. The summed E-state index contributed by atoms with van der Waals surface area (Å²) in [7, 11) is 0. The molecular formula is C23H19Cl2NO7. The summed E-state index contributed by atoms with van der Waals surface area (Å²) in [5.41, 5.74) is -1.53. The lowest BCUT2D eigenvalue weighted by atomic mass is 10.1. The van der Waals surface area contributed by atoms with Gasteiger partial charge in [0.1, 0.15) is 5.75 Å². The third kappa shape index (κ3) is 5.54. The smallest absolute Gasteiger partial charge is 0.338 e. The van der Waals surface area contributed by atoms with Crippen LogP contribution >= 0.6 is 23.2 Å². The Morgan fingerprint density at radius 2 is 1.67 bits per heavy atom. The third-order valence-corrected chi connectivity index (χ3v) is 5.10. The van der Waals surface area contributed by atoms with Gasteiger partial charge in [0, 0.05) is 10.4 Å². The van der Waals surface area contributed by atoms with E-state index in [2.05, 4.69) is 0 Å². The number of carbonyl (C=O) groups excluding carboxylic acids is 1. The third-order valence-electron chi connectivity index (χ3n) is 4.58. The van der Waals surface area contributed by atoms with Crippen LogP contribution in [-0.2, 0) is 14.4 Å². The molecule has 33 heavy (non-hydrogen) atoms. The van der Waals surface area contributed by atoms with E-state index in [1.54, 1.807) is 30.3 Å². The minimum atomic E-state index is -1.72. The molecular weight excluding hydrogens is 473 g/mol. The molecule has 3 rings (SSSR count). The number of carbonyl (C=O) groups is 3. The maximum atomic E-state index is 13.0. The Kier molecular flexibility index (Phi) is 7.12. The summed E-state index contributed by atoms with van der Waals surface area (Å²) in [6.07, 6.45) is 0. The van der Waals surface area contributed by atoms with E-state index in [0.717, 1.165) is 5.06 Å². The van der Waals surface area contributed by atoms with Crippen molar-refractivity contribution in [1.29, 1.82) is 0 Å². The van der Waals surface area contributed by atoms with Gasteiger partial charge in [0.2, 0.25) is 0 Å². The summed E-state index contributed by atoms with van der Waals surface area (Å²) in [5.74, 6) is -3.16. The standard InChI is InChI=1S/C23H19Cl2NO7/c1-23(2,22(30)31)33-26(16-6-4-3-5-7-16)19(27)12-32-18-10-14(21(28)29)8-13-9-15(24)11-17(25)20(13)18/h3-11H,12H2,1-2H3,(H,28,29)(H,30,31). The van der Waals surface area contributed by atoms with Gasteiger partial charge in [0.05, 0.1) is 16.3 Å². The number of ether oxygens (including phenoxy) is 1. The number of halogens is 2. The summed E-state index contributed by atoms with van der Waals surface area (Å²) in [5, 5.41) is 21.0. The molecule has 172 valence electrons. The average molecular weight is 492 g/mol. The molecule has 0 saturated heterocycles. The first kappa shape index (κ1) is 24.3. The number of hydrogen-bond acceptors (Lipinski definition) is 5. The molecule has 3 aromatic rings. The molecule has 0 unspecified atom stereocenters. The van der Waals surface area contributed by atoms with Crippen molar-refractivity contribution in [3.05, 3.63) is 70.2 Å². The Labute approximate surface area is 198 Å². The van der Waals surface area contributed by atoms with Crippen molar-refractivity contribution in [3.8, 4) is 5.75 Å². The molecule has 0 aliphatic heterocycles. The monoisotopic (exact) mass is 491 g/mol. The van der Waals surface area contributed by atoms with Crippen molar-refractivity contribution < 1.29 is 34.2 Å². The summed E-state index contributed by atoms with van der Waals surface area (Å²) in [6.45, 7) is 2.00. The Bertz CT molecular complexity index is 1230. The molecule has 0 heterocycles. The van der Waals surface area contributed by atoms with Crippen LogP contribution in [0.5, 0.6) is 5.75 Å². The maximum absolute atomic E-state index is 13.0. The lowest BCUT2D eigenvalue weighted by molar-refractivity contribution is -0.165. The van der Waals surface area contributed by atoms with Crippen LogP contribution in [0.2, 0.25) is 10.0 Å². The lowest BCUT2D eigenvalue weighted by Gasteiger charge is -2.29. The van der Waals surface area contributed by atoms with E-state index in [1.807, 2.05) is 0 Å². The minimum Gasteiger partial charge on any atom is -0.483 e. The van der Waals surface area contributed by atoms with Gasteiger partial charge in [-0.2, -0.15) is 5.06 Å². The van der Waals surface area contributed by atoms with Crippen LogP contribution in [0.1, 0.15) is 24.2 Å². The number of fused-ring (bicyclic) bond motifs is 1. The number of aliphatic carboxylic acids is 1. The predicted molar refractivity (Wildman–Crippen MR) is 123 cm³/mol. The van der Waals surface area contributed by atoms with Crippen LogP contribution in [-0.4, -0.2) is 40.3 Å². The molecule has 0 saturated carbocycles. The highest BCUT2D eigenvalue weighted by atomic mass is 35.5. The number of carboxylic acids is 2. The first-order valence-corrected chi connectivity index (χ1v) is 10.3.